The Kier molecular flexibility index (Phi) is 4.09. The summed E-state index contributed by atoms with van der Waals surface area (Å²) < 4.78 is 0. The fraction of sp³-hybridized carbons (Fsp3) is 0.600. The lowest BCUT2D eigenvalue weighted by atomic mass is 9.82. The molecule has 0 aromatic heterocycles. The number of likely N-dealkylation sites (tertiary alicyclic amines) is 1. The van der Waals surface area contributed by atoms with Crippen LogP contribution < -0.4 is 0 Å². The van der Waals surface area contributed by atoms with E-state index in [0.717, 1.165) is 18.0 Å². The van der Waals surface area contributed by atoms with Crippen LogP contribution in [0.4, 0.5) is 0 Å². The van der Waals surface area contributed by atoms with Crippen molar-refractivity contribution in [3.05, 3.63) is 34.9 Å². The number of halogens is 1. The molecule has 6 nitrogen and oxygen atoms in total. The number of piperazine rings is 1. The highest BCUT2D eigenvalue weighted by Gasteiger charge is 2.64. The van der Waals surface area contributed by atoms with Gasteiger partial charge in [0.25, 0.3) is 5.91 Å². The van der Waals surface area contributed by atoms with Crippen LogP contribution in [0, 0.1) is 5.92 Å². The van der Waals surface area contributed by atoms with Gasteiger partial charge in [-0.2, -0.15) is 0 Å². The molecule has 7 heteroatoms. The van der Waals surface area contributed by atoms with Crippen molar-refractivity contribution in [3.63, 3.8) is 0 Å². The largest absolute Gasteiger partial charge is 0.392 e. The summed E-state index contributed by atoms with van der Waals surface area (Å²) in [5, 5.41) is 10.8. The van der Waals surface area contributed by atoms with E-state index in [4.69, 9.17) is 11.6 Å². The fourth-order valence-corrected chi connectivity index (χ4v) is 5.16. The highest BCUT2D eigenvalue weighted by atomic mass is 35.5. The summed E-state index contributed by atoms with van der Waals surface area (Å²) in [5.41, 5.74) is 0.185. The number of β-amino-alcohol motifs (C(OH)–C–C–N with tert-alkyl or cyclic N) is 1. The lowest BCUT2D eigenvalue weighted by Gasteiger charge is -2.58. The average Bonchev–Trinajstić information content (AvgIpc) is 3.33. The molecule has 2 atom stereocenters. The minimum atomic E-state index is -0.663. The maximum absolute atomic E-state index is 13.4. The average molecular weight is 390 g/mol. The third-order valence-corrected chi connectivity index (χ3v) is 6.67. The summed E-state index contributed by atoms with van der Waals surface area (Å²) in [6.45, 7) is 3.00. The molecule has 3 heterocycles. The van der Waals surface area contributed by atoms with E-state index in [1.54, 1.807) is 12.1 Å². The molecule has 1 spiro atoms. The van der Waals surface area contributed by atoms with Gasteiger partial charge in [-0.1, -0.05) is 23.7 Å². The highest BCUT2D eigenvalue weighted by Crippen LogP contribution is 2.42. The number of hydrogen-bond acceptors (Lipinski definition) is 5. The summed E-state index contributed by atoms with van der Waals surface area (Å²) in [6.07, 6.45) is 2.42. The van der Waals surface area contributed by atoms with Gasteiger partial charge in [0.15, 0.2) is 0 Å². The van der Waals surface area contributed by atoms with Crippen LogP contribution in [0.1, 0.15) is 24.8 Å². The molecule has 1 N–H and O–H groups in total. The van der Waals surface area contributed by atoms with Crippen LogP contribution in [-0.4, -0.2) is 75.5 Å². The van der Waals surface area contributed by atoms with Crippen LogP contribution in [0.25, 0.3) is 0 Å². The Labute approximate surface area is 163 Å². The van der Waals surface area contributed by atoms with Crippen LogP contribution in [0.15, 0.2) is 24.3 Å². The van der Waals surface area contributed by atoms with E-state index in [1.807, 2.05) is 17.0 Å². The maximum Gasteiger partial charge on any atom is 0.252 e. The van der Waals surface area contributed by atoms with E-state index in [0.29, 0.717) is 31.1 Å². The predicted octanol–water partition coefficient (Wildman–Crippen LogP) is 1.11. The maximum atomic E-state index is 13.4. The highest BCUT2D eigenvalue weighted by molar-refractivity contribution is 6.30. The first kappa shape index (κ1) is 17.6. The van der Waals surface area contributed by atoms with Gasteiger partial charge in [0, 0.05) is 31.2 Å². The molecule has 4 aliphatic rings. The number of aliphatic hydroxyl groups is 1. The number of benzene rings is 1. The van der Waals surface area contributed by atoms with E-state index in [-0.39, 0.29) is 18.4 Å². The van der Waals surface area contributed by atoms with Gasteiger partial charge in [0.05, 0.1) is 18.7 Å². The molecule has 1 aromatic carbocycles. The number of carbonyl (C=O) groups is 2. The Hall–Kier alpha value is -1.47. The monoisotopic (exact) mass is 389 g/mol. The van der Waals surface area contributed by atoms with Crippen LogP contribution >= 0.6 is 11.6 Å². The Morgan fingerprint density at radius 1 is 1.22 bits per heavy atom. The summed E-state index contributed by atoms with van der Waals surface area (Å²) in [5.74, 6) is 0.456. The zero-order valence-electron chi connectivity index (χ0n) is 15.2. The Morgan fingerprint density at radius 2 is 2.00 bits per heavy atom. The van der Waals surface area contributed by atoms with Gasteiger partial charge >= 0.3 is 0 Å². The van der Waals surface area contributed by atoms with E-state index in [9.17, 15) is 14.7 Å². The molecule has 1 aliphatic carbocycles. The second-order valence-electron chi connectivity index (χ2n) is 8.56. The molecular formula is C20H24ClN3O3. The van der Waals surface area contributed by atoms with E-state index < -0.39 is 17.7 Å². The SMILES string of the molecule is O=C1C2CC(O)CN2C2(CN(CC3CC3)C2)C(=O)N1Cc1cccc(Cl)c1. The van der Waals surface area contributed by atoms with E-state index in [1.165, 1.54) is 17.7 Å². The molecule has 2 unspecified atom stereocenters. The second-order valence-corrected chi connectivity index (χ2v) is 9.00. The van der Waals surface area contributed by atoms with E-state index in [2.05, 4.69) is 4.90 Å². The van der Waals surface area contributed by atoms with Crippen molar-refractivity contribution in [2.75, 3.05) is 26.2 Å². The number of hydrogen-bond donors (Lipinski definition) is 1. The molecule has 3 saturated heterocycles. The molecule has 3 aliphatic heterocycles. The van der Waals surface area contributed by atoms with Crippen molar-refractivity contribution in [3.8, 4) is 0 Å². The molecule has 5 rings (SSSR count). The van der Waals surface area contributed by atoms with Crippen molar-refractivity contribution >= 4 is 23.4 Å². The summed E-state index contributed by atoms with van der Waals surface area (Å²) in [6, 6.07) is 6.89. The number of rotatable bonds is 4. The summed E-state index contributed by atoms with van der Waals surface area (Å²) in [7, 11) is 0. The number of imide groups is 1. The van der Waals surface area contributed by atoms with Gasteiger partial charge in [0.1, 0.15) is 5.54 Å². The first-order chi connectivity index (χ1) is 13.0. The topological polar surface area (TPSA) is 64.1 Å². The molecule has 0 bridgehead atoms. The van der Waals surface area contributed by atoms with Gasteiger partial charge in [-0.15, -0.1) is 0 Å². The molecule has 1 aromatic rings. The molecule has 4 fully saturated rings. The lowest BCUT2D eigenvalue weighted by molar-refractivity contribution is -0.180. The van der Waals surface area contributed by atoms with Crippen molar-refractivity contribution in [2.45, 2.75) is 43.5 Å². The number of fused-ring (bicyclic) bond motifs is 2. The minimum absolute atomic E-state index is 0.120. The van der Waals surface area contributed by atoms with Gasteiger partial charge < -0.3 is 5.11 Å². The van der Waals surface area contributed by atoms with Gasteiger partial charge in [0.2, 0.25) is 5.91 Å². The molecule has 0 radical (unpaired) electrons. The molecule has 144 valence electrons. The first-order valence-electron chi connectivity index (χ1n) is 9.74. The van der Waals surface area contributed by atoms with Gasteiger partial charge in [-0.05, 0) is 42.9 Å². The van der Waals surface area contributed by atoms with Crippen molar-refractivity contribution in [1.82, 2.24) is 14.7 Å². The predicted molar refractivity (Wildman–Crippen MR) is 100 cm³/mol. The number of nitrogens with zero attached hydrogens (tertiary/aromatic N) is 3. The fourth-order valence-electron chi connectivity index (χ4n) is 4.95. The zero-order valence-corrected chi connectivity index (χ0v) is 15.9. The van der Waals surface area contributed by atoms with Crippen molar-refractivity contribution < 1.29 is 14.7 Å². The molecule has 27 heavy (non-hydrogen) atoms. The zero-order chi connectivity index (χ0) is 18.8. The van der Waals surface area contributed by atoms with Crippen LogP contribution in [-0.2, 0) is 16.1 Å². The smallest absolute Gasteiger partial charge is 0.252 e. The summed E-state index contributed by atoms with van der Waals surface area (Å²) >= 11 is 6.08. The van der Waals surface area contributed by atoms with Gasteiger partial charge in [-0.3, -0.25) is 24.3 Å². The van der Waals surface area contributed by atoms with E-state index >= 15 is 0 Å². The molecular weight excluding hydrogens is 366 g/mol. The van der Waals surface area contributed by atoms with Crippen molar-refractivity contribution in [1.29, 1.82) is 0 Å². The first-order valence-corrected chi connectivity index (χ1v) is 10.1. The Balaban J connectivity index is 1.42. The van der Waals surface area contributed by atoms with Crippen LogP contribution in [0.3, 0.4) is 0 Å². The number of carbonyl (C=O) groups excluding carboxylic acids is 2. The normalized spacial score (nSPS) is 30.7. The number of amides is 2. The Morgan fingerprint density at radius 3 is 2.70 bits per heavy atom. The third-order valence-electron chi connectivity index (χ3n) is 6.44. The summed E-state index contributed by atoms with van der Waals surface area (Å²) in [4.78, 5) is 32.2. The Bertz CT molecular complexity index is 790. The van der Waals surface area contributed by atoms with Crippen LogP contribution in [0.5, 0.6) is 0 Å². The second kappa shape index (κ2) is 6.27. The number of aliphatic hydroxyl groups excluding tert-OH is 1. The molecule has 1 saturated carbocycles. The lowest BCUT2D eigenvalue weighted by Crippen LogP contribution is -2.81. The van der Waals surface area contributed by atoms with Crippen LogP contribution in [0.2, 0.25) is 5.02 Å². The standard InChI is InChI=1S/C20H24ClN3O3/c21-15-3-1-2-14(6-15)9-23-18(26)17-7-16(25)10-24(17)20(19(23)27)11-22(12-20)8-13-4-5-13/h1-3,6,13,16-17,25H,4-5,7-12H2. The van der Waals surface area contributed by atoms with Gasteiger partial charge in [-0.25, -0.2) is 0 Å². The third kappa shape index (κ3) is 2.90. The molecule has 2 amide bonds. The quantitative estimate of drug-likeness (QED) is 0.781. The minimum Gasteiger partial charge on any atom is -0.392 e. The van der Waals surface area contributed by atoms with Crippen molar-refractivity contribution in [2.24, 2.45) is 5.92 Å².